The highest BCUT2D eigenvalue weighted by atomic mass is 32.2. The fraction of sp³-hybridized carbons (Fsp3) is 0.364. The average molecular weight is 451 g/mol. The molecule has 166 valence electrons. The van der Waals surface area contributed by atoms with Gasteiger partial charge in [0, 0.05) is 23.7 Å². The lowest BCUT2D eigenvalue weighted by atomic mass is 10.0. The van der Waals surface area contributed by atoms with E-state index in [2.05, 4.69) is 5.32 Å². The van der Waals surface area contributed by atoms with E-state index in [1.165, 1.54) is 37.3 Å². The summed E-state index contributed by atoms with van der Waals surface area (Å²) >= 11 is 0. The number of carbonyl (C=O) groups excluding carboxylic acids is 2. The number of halogens is 2. The Morgan fingerprint density at radius 1 is 1.10 bits per heavy atom. The first-order chi connectivity index (χ1) is 14.6. The maximum Gasteiger partial charge on any atom is 0.243 e. The summed E-state index contributed by atoms with van der Waals surface area (Å²) in [5.74, 6) is -2.23. The number of Topliss-reactive ketones (excluding diaryl/α,β-unsaturated/α-hetero) is 1. The van der Waals surface area contributed by atoms with Crippen LogP contribution < -0.4 is 5.32 Å². The monoisotopic (exact) mass is 450 g/mol. The Kier molecular flexibility index (Phi) is 6.86. The van der Waals surface area contributed by atoms with E-state index in [0.717, 1.165) is 16.4 Å². The van der Waals surface area contributed by atoms with Gasteiger partial charge in [-0.2, -0.15) is 4.31 Å². The van der Waals surface area contributed by atoms with Crippen LogP contribution in [-0.2, 0) is 14.8 Å². The van der Waals surface area contributed by atoms with Crippen LogP contribution in [0.25, 0.3) is 0 Å². The van der Waals surface area contributed by atoms with E-state index >= 15 is 0 Å². The first-order valence-electron chi connectivity index (χ1n) is 9.99. The Bertz CT molecular complexity index is 1090. The molecule has 2 atom stereocenters. The normalized spacial score (nSPS) is 18.4. The van der Waals surface area contributed by atoms with Gasteiger partial charge in [-0.15, -0.1) is 0 Å². The minimum atomic E-state index is -3.98. The van der Waals surface area contributed by atoms with Gasteiger partial charge in [-0.05, 0) is 44.9 Å². The predicted octanol–water partition coefficient (Wildman–Crippen LogP) is 3.59. The van der Waals surface area contributed by atoms with Gasteiger partial charge in [0.05, 0.1) is 10.9 Å². The molecule has 1 fully saturated rings. The van der Waals surface area contributed by atoms with Gasteiger partial charge in [0.15, 0.2) is 5.78 Å². The Balaban J connectivity index is 1.82. The van der Waals surface area contributed by atoms with Gasteiger partial charge in [-0.3, -0.25) is 9.59 Å². The van der Waals surface area contributed by atoms with Crippen molar-refractivity contribution < 1.29 is 26.8 Å². The number of hydrogen-bond acceptors (Lipinski definition) is 4. The van der Waals surface area contributed by atoms with Crippen LogP contribution in [0.3, 0.4) is 0 Å². The number of nitrogens with one attached hydrogen (secondary N) is 1. The molecule has 0 unspecified atom stereocenters. The number of carbonyl (C=O) groups is 2. The number of piperidine rings is 1. The minimum absolute atomic E-state index is 0.00479. The van der Waals surface area contributed by atoms with Gasteiger partial charge in [0.1, 0.15) is 17.7 Å². The van der Waals surface area contributed by atoms with Crippen molar-refractivity contribution in [1.29, 1.82) is 0 Å². The van der Waals surface area contributed by atoms with E-state index in [-0.39, 0.29) is 22.8 Å². The molecule has 0 spiro atoms. The summed E-state index contributed by atoms with van der Waals surface area (Å²) in [5.41, 5.74) is 0.502. The number of sulfonamides is 1. The van der Waals surface area contributed by atoms with E-state index in [1.807, 2.05) is 0 Å². The maximum absolute atomic E-state index is 14.0. The molecule has 1 saturated heterocycles. The largest absolute Gasteiger partial charge is 0.348 e. The molecule has 0 aromatic heterocycles. The SMILES string of the molecule is CC(=O)c1ccc(S(=O)(=O)N2CCCC[C@H]2C(=O)N[C@@H](C)c2ccc(F)cc2F)cc1. The first-order valence-corrected chi connectivity index (χ1v) is 11.4. The van der Waals surface area contributed by atoms with Gasteiger partial charge < -0.3 is 5.32 Å². The smallest absolute Gasteiger partial charge is 0.243 e. The van der Waals surface area contributed by atoms with E-state index in [9.17, 15) is 26.8 Å². The van der Waals surface area contributed by atoms with Gasteiger partial charge in [0.25, 0.3) is 0 Å². The van der Waals surface area contributed by atoms with Crippen molar-refractivity contribution in [1.82, 2.24) is 9.62 Å². The third-order valence-electron chi connectivity index (χ3n) is 5.41. The van der Waals surface area contributed by atoms with Crippen molar-refractivity contribution in [3.05, 3.63) is 65.2 Å². The lowest BCUT2D eigenvalue weighted by Gasteiger charge is -2.34. The van der Waals surface area contributed by atoms with E-state index in [1.54, 1.807) is 6.92 Å². The van der Waals surface area contributed by atoms with Crippen LogP contribution in [0.5, 0.6) is 0 Å². The molecule has 0 bridgehead atoms. The number of nitrogens with zero attached hydrogens (tertiary/aromatic N) is 1. The Labute approximate surface area is 180 Å². The fourth-order valence-electron chi connectivity index (χ4n) is 3.69. The summed E-state index contributed by atoms with van der Waals surface area (Å²) in [4.78, 5) is 24.4. The van der Waals surface area contributed by atoms with Crippen molar-refractivity contribution in [2.75, 3.05) is 6.54 Å². The standard InChI is InChI=1S/C22H24F2N2O4S/c1-14(19-11-8-17(23)13-20(19)24)25-22(28)21-5-3-4-12-26(21)31(29,30)18-9-6-16(7-10-18)15(2)27/h6-11,13-14,21H,3-5,12H2,1-2H3,(H,25,28)/t14-,21-/m0/s1. The van der Waals surface area contributed by atoms with Crippen molar-refractivity contribution in [2.24, 2.45) is 0 Å². The summed E-state index contributed by atoms with van der Waals surface area (Å²) in [6, 6.07) is 6.95. The van der Waals surface area contributed by atoms with Crippen LogP contribution in [0.15, 0.2) is 47.4 Å². The highest BCUT2D eigenvalue weighted by Crippen LogP contribution is 2.27. The molecule has 0 aliphatic carbocycles. The summed E-state index contributed by atoms with van der Waals surface area (Å²) < 4.78 is 54.7. The van der Waals surface area contributed by atoms with Crippen LogP contribution >= 0.6 is 0 Å². The van der Waals surface area contributed by atoms with Crippen molar-refractivity contribution in [3.63, 3.8) is 0 Å². The number of benzene rings is 2. The Morgan fingerprint density at radius 3 is 2.39 bits per heavy atom. The topological polar surface area (TPSA) is 83.6 Å². The van der Waals surface area contributed by atoms with Gasteiger partial charge in [-0.1, -0.05) is 24.6 Å². The summed E-state index contributed by atoms with van der Waals surface area (Å²) in [6.45, 7) is 3.12. The van der Waals surface area contributed by atoms with Crippen LogP contribution in [0.1, 0.15) is 55.1 Å². The summed E-state index contributed by atoms with van der Waals surface area (Å²) in [7, 11) is -3.98. The molecular formula is C22H24F2N2O4S. The highest BCUT2D eigenvalue weighted by molar-refractivity contribution is 7.89. The fourth-order valence-corrected chi connectivity index (χ4v) is 5.35. The second-order valence-electron chi connectivity index (χ2n) is 7.60. The van der Waals surface area contributed by atoms with Crippen molar-refractivity contribution >= 4 is 21.7 Å². The quantitative estimate of drug-likeness (QED) is 0.682. The van der Waals surface area contributed by atoms with Gasteiger partial charge >= 0.3 is 0 Å². The highest BCUT2D eigenvalue weighted by Gasteiger charge is 2.38. The molecule has 1 heterocycles. The van der Waals surface area contributed by atoms with Gasteiger partial charge in [0.2, 0.25) is 15.9 Å². The molecule has 0 saturated carbocycles. The van der Waals surface area contributed by atoms with Crippen molar-refractivity contribution in [2.45, 2.75) is 50.1 Å². The molecule has 6 nitrogen and oxygen atoms in total. The molecule has 1 N–H and O–H groups in total. The Morgan fingerprint density at radius 2 is 1.77 bits per heavy atom. The molecule has 1 amide bonds. The molecule has 1 aliphatic rings. The zero-order valence-corrected chi connectivity index (χ0v) is 18.1. The van der Waals surface area contributed by atoms with Crippen molar-refractivity contribution in [3.8, 4) is 0 Å². The van der Waals surface area contributed by atoms with E-state index in [0.29, 0.717) is 24.8 Å². The third kappa shape index (κ3) is 4.99. The van der Waals surface area contributed by atoms with Crippen LogP contribution in [0, 0.1) is 11.6 Å². The average Bonchev–Trinajstić information content (AvgIpc) is 2.73. The lowest BCUT2D eigenvalue weighted by molar-refractivity contribution is -0.126. The number of hydrogen-bond donors (Lipinski definition) is 1. The van der Waals surface area contributed by atoms with Crippen LogP contribution in [0.4, 0.5) is 8.78 Å². The zero-order chi connectivity index (χ0) is 22.8. The number of amides is 1. The molecule has 2 aromatic rings. The summed E-state index contributed by atoms with van der Waals surface area (Å²) in [6.07, 6.45) is 1.61. The molecule has 0 radical (unpaired) electrons. The molecule has 9 heteroatoms. The molecule has 1 aliphatic heterocycles. The lowest BCUT2D eigenvalue weighted by Crippen LogP contribution is -2.52. The molecule has 31 heavy (non-hydrogen) atoms. The second-order valence-corrected chi connectivity index (χ2v) is 9.49. The number of ketones is 1. The summed E-state index contributed by atoms with van der Waals surface area (Å²) in [5, 5.41) is 2.65. The van der Waals surface area contributed by atoms with E-state index < -0.39 is 39.6 Å². The van der Waals surface area contributed by atoms with Gasteiger partial charge in [-0.25, -0.2) is 17.2 Å². The molecule has 2 aromatic carbocycles. The Hall–Kier alpha value is -2.65. The van der Waals surface area contributed by atoms with Crippen LogP contribution in [0.2, 0.25) is 0 Å². The first kappa shape index (κ1) is 23.0. The molecule has 3 rings (SSSR count). The maximum atomic E-state index is 14.0. The zero-order valence-electron chi connectivity index (χ0n) is 17.3. The van der Waals surface area contributed by atoms with E-state index in [4.69, 9.17) is 0 Å². The second kappa shape index (κ2) is 9.23. The minimum Gasteiger partial charge on any atom is -0.348 e. The van der Waals surface area contributed by atoms with Crippen LogP contribution in [-0.4, -0.2) is 37.0 Å². The third-order valence-corrected chi connectivity index (χ3v) is 7.33. The number of rotatable bonds is 6. The molecular weight excluding hydrogens is 426 g/mol. The predicted molar refractivity (Wildman–Crippen MR) is 111 cm³/mol.